The van der Waals surface area contributed by atoms with Crippen LogP contribution in [0, 0.1) is 0 Å². The summed E-state index contributed by atoms with van der Waals surface area (Å²) in [6.45, 7) is 1.54. The van der Waals surface area contributed by atoms with Gasteiger partial charge in [-0.05, 0) is 18.0 Å². The van der Waals surface area contributed by atoms with Crippen LogP contribution in [-0.2, 0) is 4.74 Å². The molecule has 2 aromatic heterocycles. The van der Waals surface area contributed by atoms with Crippen LogP contribution in [0.15, 0.2) is 10.7 Å². The van der Waals surface area contributed by atoms with Crippen molar-refractivity contribution in [3.63, 3.8) is 0 Å². The monoisotopic (exact) mass is 264 g/mol. The summed E-state index contributed by atoms with van der Waals surface area (Å²) < 4.78 is 12.4. The lowest BCUT2D eigenvalue weighted by Crippen LogP contribution is -2.19. The maximum Gasteiger partial charge on any atom is 0.281 e. The van der Waals surface area contributed by atoms with E-state index in [2.05, 4.69) is 20.5 Å². The number of anilines is 1. The second-order valence-corrected chi connectivity index (χ2v) is 4.72. The zero-order valence-corrected chi connectivity index (χ0v) is 11.0. The Kier molecular flexibility index (Phi) is 3.16. The molecule has 0 saturated carbocycles. The largest absolute Gasteiger partial charge is 0.381 e. The van der Waals surface area contributed by atoms with Gasteiger partial charge in [0.15, 0.2) is 5.69 Å². The van der Waals surface area contributed by atoms with Crippen LogP contribution in [0.1, 0.15) is 18.9 Å². The molecule has 0 atom stereocenters. The number of hydrogen-bond donors (Lipinski definition) is 0. The van der Waals surface area contributed by atoms with Crippen LogP contribution in [0.3, 0.4) is 0 Å². The van der Waals surface area contributed by atoms with E-state index in [-0.39, 0.29) is 0 Å². The van der Waals surface area contributed by atoms with Crippen molar-refractivity contribution in [2.24, 2.45) is 0 Å². The van der Waals surface area contributed by atoms with Gasteiger partial charge in [0.1, 0.15) is 0 Å². The van der Waals surface area contributed by atoms with Crippen LogP contribution >= 0.6 is 0 Å². The molecule has 0 radical (unpaired) electrons. The summed E-state index contributed by atoms with van der Waals surface area (Å²) in [6.07, 6.45) is 3.76. The van der Waals surface area contributed by atoms with Gasteiger partial charge in [0, 0.05) is 27.3 Å². The molecule has 0 unspecified atom stereocenters. The van der Waals surface area contributed by atoms with Crippen molar-refractivity contribution >= 4 is 5.95 Å². The Bertz CT molecular complexity index is 543. The number of rotatable bonds is 3. The Morgan fingerprint density at radius 1 is 1.32 bits per heavy atom. The van der Waals surface area contributed by atoms with E-state index in [9.17, 15) is 0 Å². The predicted molar refractivity (Wildman–Crippen MR) is 66.7 cm³/mol. The second kappa shape index (κ2) is 4.96. The van der Waals surface area contributed by atoms with Gasteiger partial charge in [-0.25, -0.2) is 4.68 Å². The smallest absolute Gasteiger partial charge is 0.281 e. The molecule has 1 aliphatic heterocycles. The van der Waals surface area contributed by atoms with Gasteiger partial charge in [0.25, 0.3) is 11.8 Å². The van der Waals surface area contributed by atoms with Gasteiger partial charge in [-0.15, -0.1) is 5.10 Å². The zero-order chi connectivity index (χ0) is 13.2. The molecule has 0 bridgehead atoms. The maximum atomic E-state index is 5.33. The van der Waals surface area contributed by atoms with Crippen LogP contribution in [0.5, 0.6) is 0 Å². The predicted octanol–water partition coefficient (Wildman–Crippen LogP) is 0.746. The second-order valence-electron chi connectivity index (χ2n) is 4.72. The molecule has 8 heteroatoms. The highest BCUT2D eigenvalue weighted by Crippen LogP contribution is 2.22. The van der Waals surface area contributed by atoms with E-state index >= 15 is 0 Å². The number of hydrogen-bond acceptors (Lipinski definition) is 7. The first-order chi connectivity index (χ1) is 9.24. The first-order valence-electron chi connectivity index (χ1n) is 6.25. The van der Waals surface area contributed by atoms with E-state index in [1.165, 1.54) is 0 Å². The summed E-state index contributed by atoms with van der Waals surface area (Å²) in [5.74, 6) is 0.914. The van der Waals surface area contributed by atoms with Gasteiger partial charge in [-0.2, -0.15) is 4.98 Å². The Labute approximate surface area is 110 Å². The van der Waals surface area contributed by atoms with E-state index < -0.39 is 0 Å². The molecule has 1 aliphatic rings. The molecule has 102 valence electrons. The fraction of sp³-hybridized carbons (Fsp3) is 0.636. The first kappa shape index (κ1) is 12.1. The molecule has 0 aromatic carbocycles. The molecular weight excluding hydrogens is 248 g/mol. The molecule has 1 saturated heterocycles. The standard InChI is InChI=1S/C11H16N6O2/c1-16(2)11-12-10(19-14-11)9-7-17(15-13-9)8-3-5-18-6-4-8/h7-8H,3-6H2,1-2H3. The quantitative estimate of drug-likeness (QED) is 0.808. The van der Waals surface area contributed by atoms with E-state index in [0.717, 1.165) is 26.1 Å². The molecule has 8 nitrogen and oxygen atoms in total. The van der Waals surface area contributed by atoms with Crippen LogP contribution < -0.4 is 4.90 Å². The lowest BCUT2D eigenvalue weighted by molar-refractivity contribution is 0.0657. The lowest BCUT2D eigenvalue weighted by Gasteiger charge is -2.21. The number of aromatic nitrogens is 5. The fourth-order valence-electron chi connectivity index (χ4n) is 2.00. The van der Waals surface area contributed by atoms with E-state index in [4.69, 9.17) is 9.26 Å². The average molecular weight is 264 g/mol. The van der Waals surface area contributed by atoms with Gasteiger partial charge in [0.05, 0.1) is 12.2 Å². The van der Waals surface area contributed by atoms with E-state index in [1.807, 2.05) is 25.0 Å². The normalized spacial score (nSPS) is 16.7. The van der Waals surface area contributed by atoms with Crippen molar-refractivity contribution in [1.82, 2.24) is 25.1 Å². The number of nitrogens with zero attached hydrogens (tertiary/aromatic N) is 6. The Morgan fingerprint density at radius 2 is 2.11 bits per heavy atom. The highest BCUT2D eigenvalue weighted by Gasteiger charge is 2.19. The van der Waals surface area contributed by atoms with Crippen molar-refractivity contribution in [3.05, 3.63) is 6.20 Å². The molecule has 3 heterocycles. The molecule has 1 fully saturated rings. The maximum absolute atomic E-state index is 5.33. The average Bonchev–Trinajstić information content (AvgIpc) is 3.09. The molecule has 0 aliphatic carbocycles. The SMILES string of the molecule is CN(C)c1noc(-c2cn(C3CCOCC3)nn2)n1. The number of ether oxygens (including phenoxy) is 1. The minimum atomic E-state index is 0.339. The van der Waals surface area contributed by atoms with Crippen molar-refractivity contribution in [2.45, 2.75) is 18.9 Å². The highest BCUT2D eigenvalue weighted by atomic mass is 16.5. The molecule has 0 amide bonds. The van der Waals surface area contributed by atoms with Gasteiger partial charge < -0.3 is 14.2 Å². The van der Waals surface area contributed by atoms with E-state index in [0.29, 0.717) is 23.6 Å². The molecule has 19 heavy (non-hydrogen) atoms. The molecule has 0 N–H and O–H groups in total. The van der Waals surface area contributed by atoms with Crippen LogP contribution in [0.25, 0.3) is 11.6 Å². The molecule has 0 spiro atoms. The topological polar surface area (TPSA) is 82.1 Å². The fourth-order valence-corrected chi connectivity index (χ4v) is 2.00. The molecular formula is C11H16N6O2. The van der Waals surface area contributed by atoms with Crippen LogP contribution in [-0.4, -0.2) is 52.4 Å². The van der Waals surface area contributed by atoms with Crippen molar-refractivity contribution in [2.75, 3.05) is 32.2 Å². The Hall–Kier alpha value is -1.96. The highest BCUT2D eigenvalue weighted by molar-refractivity contribution is 5.46. The Morgan fingerprint density at radius 3 is 2.79 bits per heavy atom. The van der Waals surface area contributed by atoms with Crippen molar-refractivity contribution in [3.8, 4) is 11.6 Å². The van der Waals surface area contributed by atoms with Crippen molar-refractivity contribution < 1.29 is 9.26 Å². The van der Waals surface area contributed by atoms with Gasteiger partial charge in [-0.3, -0.25) is 0 Å². The van der Waals surface area contributed by atoms with Gasteiger partial charge in [0.2, 0.25) is 0 Å². The van der Waals surface area contributed by atoms with Gasteiger partial charge >= 0.3 is 0 Å². The summed E-state index contributed by atoms with van der Waals surface area (Å²) in [7, 11) is 3.71. The lowest BCUT2D eigenvalue weighted by atomic mass is 10.1. The summed E-state index contributed by atoms with van der Waals surface area (Å²) in [4.78, 5) is 6.02. The summed E-state index contributed by atoms with van der Waals surface area (Å²) >= 11 is 0. The minimum Gasteiger partial charge on any atom is -0.381 e. The zero-order valence-electron chi connectivity index (χ0n) is 11.0. The summed E-state index contributed by atoms with van der Waals surface area (Å²) in [6, 6.07) is 0.339. The van der Waals surface area contributed by atoms with Crippen molar-refractivity contribution in [1.29, 1.82) is 0 Å². The summed E-state index contributed by atoms with van der Waals surface area (Å²) in [5.41, 5.74) is 0.604. The Balaban J connectivity index is 1.79. The summed E-state index contributed by atoms with van der Waals surface area (Å²) in [5, 5.41) is 12.1. The first-order valence-corrected chi connectivity index (χ1v) is 6.25. The van der Waals surface area contributed by atoms with Crippen LogP contribution in [0.2, 0.25) is 0 Å². The van der Waals surface area contributed by atoms with Crippen LogP contribution in [0.4, 0.5) is 5.95 Å². The third kappa shape index (κ3) is 2.43. The minimum absolute atomic E-state index is 0.339. The third-order valence-corrected chi connectivity index (χ3v) is 3.11. The van der Waals surface area contributed by atoms with E-state index in [1.54, 1.807) is 4.90 Å². The third-order valence-electron chi connectivity index (χ3n) is 3.11. The molecule has 3 rings (SSSR count). The molecule has 2 aromatic rings. The van der Waals surface area contributed by atoms with Gasteiger partial charge in [-0.1, -0.05) is 5.21 Å².